The number of hydrogen-bond donors (Lipinski definition) is 1. The molecule has 5 nitrogen and oxygen atoms in total. The molecule has 1 aromatic carbocycles. The van der Waals surface area contributed by atoms with Crippen molar-refractivity contribution in [3.63, 3.8) is 0 Å². The summed E-state index contributed by atoms with van der Waals surface area (Å²) in [7, 11) is -4.29. The summed E-state index contributed by atoms with van der Waals surface area (Å²) in [6, 6.07) is 4.33. The standard InChI is InChI=1S/C14H22O5S.K.H/c1-3-5-9-18-12-7-8-14(20(15,16)17)13(11-12)19-10-6-4-2;;/h7-8,11H,3-6,9-10H2,1-2H3,(H,15,16,17);;/q;+1;-1. The summed E-state index contributed by atoms with van der Waals surface area (Å²) in [5.41, 5.74) is 0. The topological polar surface area (TPSA) is 72.8 Å². The van der Waals surface area contributed by atoms with Crippen molar-refractivity contribution in [1.82, 2.24) is 0 Å². The van der Waals surface area contributed by atoms with Gasteiger partial charge in [-0.3, -0.25) is 4.55 Å². The summed E-state index contributed by atoms with van der Waals surface area (Å²) < 4.78 is 42.7. The molecule has 1 N–H and O–H groups in total. The second-order valence-corrected chi connectivity index (χ2v) is 5.88. The van der Waals surface area contributed by atoms with E-state index in [1.54, 1.807) is 0 Å². The summed E-state index contributed by atoms with van der Waals surface area (Å²) in [4.78, 5) is -0.226. The fourth-order valence-electron chi connectivity index (χ4n) is 1.56. The fraction of sp³-hybridized carbons (Fsp3) is 0.571. The monoisotopic (exact) mass is 342 g/mol. The maximum absolute atomic E-state index is 11.3. The third kappa shape index (κ3) is 7.97. The van der Waals surface area contributed by atoms with Crippen molar-refractivity contribution in [2.75, 3.05) is 13.2 Å². The molecule has 7 heteroatoms. The number of hydrogen-bond acceptors (Lipinski definition) is 4. The van der Waals surface area contributed by atoms with E-state index in [0.717, 1.165) is 25.7 Å². The van der Waals surface area contributed by atoms with Crippen LogP contribution in [0.2, 0.25) is 0 Å². The molecule has 1 aromatic rings. The zero-order chi connectivity index (χ0) is 15.0. The zero-order valence-electron chi connectivity index (χ0n) is 14.0. The van der Waals surface area contributed by atoms with Crippen molar-refractivity contribution in [3.05, 3.63) is 18.2 Å². The van der Waals surface area contributed by atoms with Gasteiger partial charge in [0.2, 0.25) is 0 Å². The minimum atomic E-state index is -4.29. The molecular weight excluding hydrogens is 319 g/mol. The van der Waals surface area contributed by atoms with Gasteiger partial charge in [-0.05, 0) is 25.0 Å². The first-order chi connectivity index (χ1) is 9.49. The van der Waals surface area contributed by atoms with Crippen LogP contribution in [0.1, 0.15) is 41.0 Å². The van der Waals surface area contributed by atoms with E-state index in [9.17, 15) is 13.0 Å². The Hall–Kier alpha value is 0.366. The minimum Gasteiger partial charge on any atom is -1.00 e. The van der Waals surface area contributed by atoms with E-state index in [2.05, 4.69) is 6.92 Å². The molecule has 0 saturated heterocycles. The molecule has 0 bridgehead atoms. The number of unbranched alkanes of at least 4 members (excludes halogenated alkanes) is 2. The zero-order valence-corrected chi connectivity index (χ0v) is 16.9. The van der Waals surface area contributed by atoms with Crippen LogP contribution in [0, 0.1) is 0 Å². The quantitative estimate of drug-likeness (QED) is 0.400. The van der Waals surface area contributed by atoms with E-state index in [0.29, 0.717) is 19.0 Å². The third-order valence-electron chi connectivity index (χ3n) is 2.72. The Balaban J connectivity index is 0. The molecule has 0 radical (unpaired) electrons. The molecule has 0 aliphatic heterocycles. The first-order valence-electron chi connectivity index (χ1n) is 6.86. The van der Waals surface area contributed by atoms with Gasteiger partial charge in [0, 0.05) is 6.07 Å². The molecule has 0 heterocycles. The van der Waals surface area contributed by atoms with E-state index in [1.165, 1.54) is 18.2 Å². The van der Waals surface area contributed by atoms with Gasteiger partial charge >= 0.3 is 51.4 Å². The van der Waals surface area contributed by atoms with Crippen LogP contribution in [0.5, 0.6) is 11.5 Å². The van der Waals surface area contributed by atoms with Gasteiger partial charge in [-0.1, -0.05) is 26.7 Å². The molecule has 21 heavy (non-hydrogen) atoms. The number of benzene rings is 1. The summed E-state index contributed by atoms with van der Waals surface area (Å²) in [5, 5.41) is 0. The summed E-state index contributed by atoms with van der Waals surface area (Å²) in [6.07, 6.45) is 3.69. The molecule has 0 saturated carbocycles. The molecule has 0 unspecified atom stereocenters. The van der Waals surface area contributed by atoms with E-state index < -0.39 is 10.1 Å². The average molecular weight is 342 g/mol. The molecule has 0 amide bonds. The van der Waals surface area contributed by atoms with E-state index in [4.69, 9.17) is 9.47 Å². The SMILES string of the molecule is CCCCOc1ccc(S(=O)(=O)O)c(OCCCC)c1.[H-].[K+]. The van der Waals surface area contributed by atoms with Crippen LogP contribution in [-0.2, 0) is 10.1 Å². The Morgan fingerprint density at radius 3 is 2.19 bits per heavy atom. The van der Waals surface area contributed by atoms with Gasteiger partial charge < -0.3 is 10.9 Å². The third-order valence-corrected chi connectivity index (χ3v) is 3.61. The predicted octanol–water partition coefficient (Wildman–Crippen LogP) is 0.408. The Bertz CT molecular complexity index is 522. The van der Waals surface area contributed by atoms with Gasteiger partial charge in [0.15, 0.2) is 0 Å². The van der Waals surface area contributed by atoms with Gasteiger partial charge in [0.25, 0.3) is 10.1 Å². The summed E-state index contributed by atoms with van der Waals surface area (Å²) in [5.74, 6) is 0.673. The minimum absolute atomic E-state index is 0. The van der Waals surface area contributed by atoms with E-state index in [1.807, 2.05) is 6.92 Å². The normalized spacial score (nSPS) is 10.8. The van der Waals surface area contributed by atoms with Crippen LogP contribution >= 0.6 is 0 Å². The molecule has 1 rings (SSSR count). The van der Waals surface area contributed by atoms with E-state index in [-0.39, 0.29) is 63.5 Å². The maximum Gasteiger partial charge on any atom is 1.00 e. The molecule has 0 aliphatic carbocycles. The van der Waals surface area contributed by atoms with Gasteiger partial charge in [-0.15, -0.1) is 0 Å². The van der Waals surface area contributed by atoms with Crippen LogP contribution in [0.15, 0.2) is 23.1 Å². The van der Waals surface area contributed by atoms with Gasteiger partial charge in [0.1, 0.15) is 16.4 Å². The van der Waals surface area contributed by atoms with Crippen molar-refractivity contribution >= 4 is 10.1 Å². The molecule has 0 spiro atoms. The second-order valence-electron chi connectivity index (χ2n) is 4.49. The first-order valence-corrected chi connectivity index (χ1v) is 8.30. The second kappa shape index (κ2) is 11.0. The molecule has 116 valence electrons. The number of rotatable bonds is 9. The Morgan fingerprint density at radius 1 is 1.10 bits per heavy atom. The molecule has 0 atom stereocenters. The fourth-order valence-corrected chi connectivity index (χ4v) is 2.18. The molecule has 0 aromatic heterocycles. The molecular formula is C14H23KO5S. The van der Waals surface area contributed by atoms with Crippen LogP contribution in [0.4, 0.5) is 0 Å². The van der Waals surface area contributed by atoms with Crippen LogP contribution in [0.3, 0.4) is 0 Å². The Morgan fingerprint density at radius 2 is 1.67 bits per heavy atom. The van der Waals surface area contributed by atoms with Crippen LogP contribution in [0.25, 0.3) is 0 Å². The van der Waals surface area contributed by atoms with Crippen molar-refractivity contribution in [2.24, 2.45) is 0 Å². The van der Waals surface area contributed by atoms with Crippen molar-refractivity contribution < 1.29 is 75.3 Å². The van der Waals surface area contributed by atoms with Gasteiger partial charge in [-0.2, -0.15) is 8.42 Å². The molecule has 0 fully saturated rings. The summed E-state index contributed by atoms with van der Waals surface area (Å²) in [6.45, 7) is 5.04. The number of ether oxygens (including phenoxy) is 2. The average Bonchev–Trinajstić information content (AvgIpc) is 2.38. The van der Waals surface area contributed by atoms with Crippen molar-refractivity contribution in [2.45, 2.75) is 44.4 Å². The summed E-state index contributed by atoms with van der Waals surface area (Å²) >= 11 is 0. The Labute approximate surface area is 171 Å². The predicted molar refractivity (Wildman–Crippen MR) is 78.2 cm³/mol. The van der Waals surface area contributed by atoms with Crippen LogP contribution in [-0.4, -0.2) is 26.2 Å². The van der Waals surface area contributed by atoms with Crippen molar-refractivity contribution in [1.29, 1.82) is 0 Å². The smallest absolute Gasteiger partial charge is 1.00 e. The van der Waals surface area contributed by atoms with Crippen molar-refractivity contribution in [3.8, 4) is 11.5 Å². The first kappa shape index (κ1) is 21.4. The van der Waals surface area contributed by atoms with Gasteiger partial charge in [0.05, 0.1) is 13.2 Å². The molecule has 0 aliphatic rings. The van der Waals surface area contributed by atoms with Crippen LogP contribution < -0.4 is 60.9 Å². The Kier molecular flexibility index (Phi) is 11.2. The largest absolute Gasteiger partial charge is 1.00 e. The maximum atomic E-state index is 11.3. The van der Waals surface area contributed by atoms with Gasteiger partial charge in [-0.25, -0.2) is 0 Å². The van der Waals surface area contributed by atoms with E-state index >= 15 is 0 Å².